The molecule has 0 aliphatic carbocycles. The Labute approximate surface area is 162 Å². The highest BCUT2D eigenvalue weighted by Gasteiger charge is 2.18. The summed E-state index contributed by atoms with van der Waals surface area (Å²) < 4.78 is 12.3. The third-order valence-electron chi connectivity index (χ3n) is 4.41. The van der Waals surface area contributed by atoms with Gasteiger partial charge in [0.2, 0.25) is 0 Å². The van der Waals surface area contributed by atoms with Crippen LogP contribution in [0.25, 0.3) is 28.3 Å². The molecule has 0 bridgehead atoms. The Morgan fingerprint density at radius 1 is 1.11 bits per heavy atom. The Morgan fingerprint density at radius 3 is 2.61 bits per heavy atom. The fourth-order valence-electron chi connectivity index (χ4n) is 3.09. The van der Waals surface area contributed by atoms with Crippen LogP contribution in [0.4, 0.5) is 0 Å². The lowest BCUT2D eigenvalue weighted by Gasteiger charge is -2.07. The second-order valence-corrected chi connectivity index (χ2v) is 6.12. The maximum atomic E-state index is 12.1. The lowest BCUT2D eigenvalue weighted by atomic mass is 10.1. The number of carbonyl (C=O) groups is 1. The third-order valence-corrected chi connectivity index (χ3v) is 4.41. The standard InChI is InChI=1S/C22H19N3O3/c1-3-28-22(26)16-11-13-25-19(14-16)24-20(18-6-4-5-12-23-18)21(25)15-7-9-17(27-2)10-8-15/h4-14H,3H2,1-2H3. The van der Waals surface area contributed by atoms with E-state index in [2.05, 4.69) is 4.98 Å². The summed E-state index contributed by atoms with van der Waals surface area (Å²) in [4.78, 5) is 21.3. The number of rotatable bonds is 5. The molecule has 0 amide bonds. The number of imidazole rings is 1. The SMILES string of the molecule is CCOC(=O)c1ccn2c(-c3ccc(OC)cc3)c(-c3ccccn3)nc2c1. The number of ether oxygens (including phenoxy) is 2. The lowest BCUT2D eigenvalue weighted by molar-refractivity contribution is 0.0526. The van der Waals surface area contributed by atoms with Crippen LogP contribution in [0.1, 0.15) is 17.3 Å². The van der Waals surface area contributed by atoms with E-state index in [0.29, 0.717) is 17.8 Å². The maximum absolute atomic E-state index is 12.1. The van der Waals surface area contributed by atoms with Crippen molar-refractivity contribution in [1.82, 2.24) is 14.4 Å². The van der Waals surface area contributed by atoms with E-state index in [1.807, 2.05) is 53.1 Å². The van der Waals surface area contributed by atoms with Crippen molar-refractivity contribution in [3.63, 3.8) is 0 Å². The number of fused-ring (bicyclic) bond motifs is 1. The molecule has 4 rings (SSSR count). The number of methoxy groups -OCH3 is 1. The van der Waals surface area contributed by atoms with Gasteiger partial charge in [-0.15, -0.1) is 0 Å². The van der Waals surface area contributed by atoms with Crippen LogP contribution < -0.4 is 4.74 Å². The van der Waals surface area contributed by atoms with Crippen molar-refractivity contribution < 1.29 is 14.3 Å². The topological polar surface area (TPSA) is 65.7 Å². The summed E-state index contributed by atoms with van der Waals surface area (Å²) in [6.45, 7) is 2.11. The number of carbonyl (C=O) groups excluding carboxylic acids is 1. The molecule has 0 spiro atoms. The van der Waals surface area contributed by atoms with E-state index in [-0.39, 0.29) is 5.97 Å². The van der Waals surface area contributed by atoms with Gasteiger partial charge in [-0.05, 0) is 55.5 Å². The fourth-order valence-corrected chi connectivity index (χ4v) is 3.09. The van der Waals surface area contributed by atoms with Crippen molar-refractivity contribution in [2.24, 2.45) is 0 Å². The van der Waals surface area contributed by atoms with Crippen LogP contribution in [0.3, 0.4) is 0 Å². The molecule has 0 saturated heterocycles. The predicted octanol–water partition coefficient (Wildman–Crippen LogP) is 4.25. The second-order valence-electron chi connectivity index (χ2n) is 6.12. The zero-order valence-electron chi connectivity index (χ0n) is 15.6. The zero-order valence-corrected chi connectivity index (χ0v) is 15.6. The van der Waals surface area contributed by atoms with Gasteiger partial charge in [0, 0.05) is 18.0 Å². The van der Waals surface area contributed by atoms with E-state index in [9.17, 15) is 4.79 Å². The van der Waals surface area contributed by atoms with Crippen LogP contribution in [0.15, 0.2) is 67.0 Å². The highest BCUT2D eigenvalue weighted by molar-refractivity contribution is 5.91. The molecular formula is C22H19N3O3. The first-order valence-corrected chi connectivity index (χ1v) is 8.96. The Bertz CT molecular complexity index is 1120. The smallest absolute Gasteiger partial charge is 0.338 e. The average molecular weight is 373 g/mol. The molecule has 28 heavy (non-hydrogen) atoms. The van der Waals surface area contributed by atoms with E-state index in [1.165, 1.54) is 0 Å². The summed E-state index contributed by atoms with van der Waals surface area (Å²) in [6, 6.07) is 17.0. The number of aromatic nitrogens is 3. The van der Waals surface area contributed by atoms with Gasteiger partial charge in [0.15, 0.2) is 0 Å². The van der Waals surface area contributed by atoms with Crippen molar-refractivity contribution in [3.05, 3.63) is 72.6 Å². The quantitative estimate of drug-likeness (QED) is 0.489. The van der Waals surface area contributed by atoms with Crippen molar-refractivity contribution >= 4 is 11.6 Å². The Kier molecular flexibility index (Phi) is 4.76. The molecule has 0 radical (unpaired) electrons. The largest absolute Gasteiger partial charge is 0.497 e. The van der Waals surface area contributed by atoms with E-state index in [1.54, 1.807) is 32.4 Å². The van der Waals surface area contributed by atoms with Gasteiger partial charge in [0.1, 0.15) is 17.1 Å². The molecule has 0 unspecified atom stereocenters. The molecule has 3 aromatic heterocycles. The molecule has 6 nitrogen and oxygen atoms in total. The number of benzene rings is 1. The Hall–Kier alpha value is -3.67. The van der Waals surface area contributed by atoms with Gasteiger partial charge in [0.05, 0.1) is 30.7 Å². The van der Waals surface area contributed by atoms with E-state index in [0.717, 1.165) is 28.4 Å². The minimum atomic E-state index is -0.363. The lowest BCUT2D eigenvalue weighted by Crippen LogP contribution is -2.05. The monoisotopic (exact) mass is 373 g/mol. The van der Waals surface area contributed by atoms with Gasteiger partial charge >= 0.3 is 5.97 Å². The molecule has 4 aromatic rings. The molecule has 0 saturated carbocycles. The van der Waals surface area contributed by atoms with E-state index < -0.39 is 0 Å². The van der Waals surface area contributed by atoms with Crippen molar-refractivity contribution in [3.8, 4) is 28.4 Å². The van der Waals surface area contributed by atoms with Crippen molar-refractivity contribution in [1.29, 1.82) is 0 Å². The van der Waals surface area contributed by atoms with Crippen LogP contribution in [0.2, 0.25) is 0 Å². The number of hydrogen-bond donors (Lipinski definition) is 0. The summed E-state index contributed by atoms with van der Waals surface area (Å²) in [5, 5.41) is 0. The van der Waals surface area contributed by atoms with Crippen LogP contribution in [-0.2, 0) is 4.74 Å². The highest BCUT2D eigenvalue weighted by Crippen LogP contribution is 2.33. The summed E-state index contributed by atoms with van der Waals surface area (Å²) in [7, 11) is 1.64. The van der Waals surface area contributed by atoms with Gasteiger partial charge in [0.25, 0.3) is 0 Å². The minimum Gasteiger partial charge on any atom is -0.497 e. The fraction of sp³-hybridized carbons (Fsp3) is 0.136. The summed E-state index contributed by atoms with van der Waals surface area (Å²) in [5.74, 6) is 0.417. The normalized spacial score (nSPS) is 10.8. The van der Waals surface area contributed by atoms with Gasteiger partial charge < -0.3 is 9.47 Å². The summed E-state index contributed by atoms with van der Waals surface area (Å²) >= 11 is 0. The van der Waals surface area contributed by atoms with Gasteiger partial charge in [-0.3, -0.25) is 9.38 Å². The molecule has 0 fully saturated rings. The third kappa shape index (κ3) is 3.20. The molecule has 0 N–H and O–H groups in total. The summed E-state index contributed by atoms with van der Waals surface area (Å²) in [5.41, 5.74) is 4.48. The molecule has 6 heteroatoms. The molecule has 0 aliphatic rings. The maximum Gasteiger partial charge on any atom is 0.338 e. The Balaban J connectivity index is 1.92. The van der Waals surface area contributed by atoms with E-state index in [4.69, 9.17) is 14.5 Å². The van der Waals surface area contributed by atoms with Crippen LogP contribution in [0.5, 0.6) is 5.75 Å². The number of nitrogens with zero attached hydrogens (tertiary/aromatic N) is 3. The predicted molar refractivity (Wildman–Crippen MR) is 106 cm³/mol. The highest BCUT2D eigenvalue weighted by atomic mass is 16.5. The van der Waals surface area contributed by atoms with Crippen LogP contribution in [-0.4, -0.2) is 34.1 Å². The Morgan fingerprint density at radius 2 is 1.93 bits per heavy atom. The molecule has 3 heterocycles. The van der Waals surface area contributed by atoms with E-state index >= 15 is 0 Å². The molecule has 0 atom stereocenters. The molecular weight excluding hydrogens is 354 g/mol. The zero-order chi connectivity index (χ0) is 19.5. The van der Waals surface area contributed by atoms with Crippen molar-refractivity contribution in [2.45, 2.75) is 6.92 Å². The first-order valence-electron chi connectivity index (χ1n) is 8.96. The number of esters is 1. The molecule has 140 valence electrons. The van der Waals surface area contributed by atoms with Crippen molar-refractivity contribution in [2.75, 3.05) is 13.7 Å². The number of hydrogen-bond acceptors (Lipinski definition) is 5. The van der Waals surface area contributed by atoms with Crippen LogP contribution >= 0.6 is 0 Å². The molecule has 1 aromatic carbocycles. The minimum absolute atomic E-state index is 0.328. The first kappa shape index (κ1) is 17.7. The van der Waals surface area contributed by atoms with Gasteiger partial charge in [-0.25, -0.2) is 9.78 Å². The van der Waals surface area contributed by atoms with Gasteiger partial charge in [-0.1, -0.05) is 6.07 Å². The van der Waals surface area contributed by atoms with Gasteiger partial charge in [-0.2, -0.15) is 0 Å². The van der Waals surface area contributed by atoms with Crippen LogP contribution in [0, 0.1) is 0 Å². The second kappa shape index (κ2) is 7.52. The summed E-state index contributed by atoms with van der Waals surface area (Å²) in [6.07, 6.45) is 3.57. The number of pyridine rings is 2. The first-order chi connectivity index (χ1) is 13.7. The average Bonchev–Trinajstić information content (AvgIpc) is 3.13. The molecule has 0 aliphatic heterocycles.